The summed E-state index contributed by atoms with van der Waals surface area (Å²) in [5, 5.41) is 0. The molecule has 8 nitrogen and oxygen atoms in total. The van der Waals surface area contributed by atoms with Crippen molar-refractivity contribution in [2.24, 2.45) is 13.0 Å². The van der Waals surface area contributed by atoms with Gasteiger partial charge in [0.05, 0.1) is 12.5 Å². The first-order valence-corrected chi connectivity index (χ1v) is 12.7. The Labute approximate surface area is 196 Å². The van der Waals surface area contributed by atoms with Crippen LogP contribution in [0.4, 0.5) is 0 Å². The summed E-state index contributed by atoms with van der Waals surface area (Å²) in [6.45, 7) is 6.10. The highest BCUT2D eigenvalue weighted by atomic mass is 32.2. The van der Waals surface area contributed by atoms with Crippen molar-refractivity contribution < 1.29 is 22.7 Å². The van der Waals surface area contributed by atoms with E-state index in [1.807, 2.05) is 30.3 Å². The van der Waals surface area contributed by atoms with E-state index in [9.17, 15) is 18.0 Å². The smallest absolute Gasteiger partial charge is 0.341 e. The molecule has 1 atom stereocenters. The van der Waals surface area contributed by atoms with Crippen LogP contribution in [-0.4, -0.2) is 60.8 Å². The third kappa shape index (κ3) is 4.99. The predicted octanol–water partition coefficient (Wildman–Crippen LogP) is 2.88. The van der Waals surface area contributed by atoms with E-state index in [-0.39, 0.29) is 29.5 Å². The number of benzene rings is 1. The van der Waals surface area contributed by atoms with Crippen LogP contribution >= 0.6 is 0 Å². The average Bonchev–Trinajstić information content (AvgIpc) is 3.04. The van der Waals surface area contributed by atoms with Crippen LogP contribution in [0.25, 0.3) is 0 Å². The van der Waals surface area contributed by atoms with Crippen LogP contribution in [0.1, 0.15) is 47.1 Å². The second-order valence-electron chi connectivity index (χ2n) is 8.54. The second-order valence-corrected chi connectivity index (χ2v) is 10.4. The van der Waals surface area contributed by atoms with Crippen LogP contribution in [-0.2, 0) is 33.1 Å². The summed E-state index contributed by atoms with van der Waals surface area (Å²) in [7, 11) is -0.526. The lowest BCUT2D eigenvalue weighted by atomic mass is 9.98. The Kier molecular flexibility index (Phi) is 7.64. The van der Waals surface area contributed by atoms with E-state index in [2.05, 4.69) is 0 Å². The largest absolute Gasteiger partial charge is 0.462 e. The molecule has 1 aliphatic heterocycles. The maximum atomic E-state index is 13.7. The molecule has 180 valence electrons. The minimum atomic E-state index is -4.00. The Morgan fingerprint density at radius 2 is 1.82 bits per heavy atom. The van der Waals surface area contributed by atoms with Gasteiger partial charge in [-0.25, -0.2) is 13.2 Å². The Balaban J connectivity index is 1.86. The number of carbonyl (C=O) groups is 2. The second kappa shape index (κ2) is 10.1. The van der Waals surface area contributed by atoms with Gasteiger partial charge in [-0.3, -0.25) is 4.79 Å². The Hall–Kier alpha value is -2.65. The minimum Gasteiger partial charge on any atom is -0.462 e. The number of amides is 1. The van der Waals surface area contributed by atoms with Gasteiger partial charge in [0.25, 0.3) is 0 Å². The molecule has 1 saturated heterocycles. The quantitative estimate of drug-likeness (QED) is 0.575. The minimum absolute atomic E-state index is 0.0216. The summed E-state index contributed by atoms with van der Waals surface area (Å²) < 4.78 is 35.6. The molecule has 9 heteroatoms. The zero-order valence-corrected chi connectivity index (χ0v) is 20.8. The first-order chi connectivity index (χ1) is 15.6. The third-order valence-electron chi connectivity index (χ3n) is 6.37. The molecule has 3 rings (SSSR count). The number of aromatic nitrogens is 1. The molecular weight excluding hydrogens is 442 g/mol. The van der Waals surface area contributed by atoms with Crippen molar-refractivity contribution in [2.45, 2.75) is 45.1 Å². The Morgan fingerprint density at radius 1 is 1.15 bits per heavy atom. The highest BCUT2D eigenvalue weighted by Gasteiger charge is 2.39. The Morgan fingerprint density at radius 3 is 2.45 bits per heavy atom. The van der Waals surface area contributed by atoms with Gasteiger partial charge in [0.15, 0.2) is 0 Å². The molecule has 0 saturated carbocycles. The van der Waals surface area contributed by atoms with Crippen LogP contribution in [0.15, 0.2) is 35.2 Å². The van der Waals surface area contributed by atoms with E-state index in [0.717, 1.165) is 5.56 Å². The van der Waals surface area contributed by atoms with Gasteiger partial charge >= 0.3 is 5.97 Å². The lowest BCUT2D eigenvalue weighted by molar-refractivity contribution is -0.135. The van der Waals surface area contributed by atoms with Crippen molar-refractivity contribution in [2.75, 3.05) is 26.7 Å². The van der Waals surface area contributed by atoms with Gasteiger partial charge < -0.3 is 14.2 Å². The zero-order valence-electron chi connectivity index (χ0n) is 20.0. The molecule has 1 amide bonds. The van der Waals surface area contributed by atoms with Gasteiger partial charge in [-0.1, -0.05) is 30.3 Å². The molecule has 2 heterocycles. The van der Waals surface area contributed by atoms with Gasteiger partial charge in [0.1, 0.15) is 10.5 Å². The SMILES string of the molecule is CCOC(=O)c1c(S(=O)(=O)N2CCC[C@H](C(=O)N(C)Cc3ccccc3)C2)c(C)n(C)c1C. The summed E-state index contributed by atoms with van der Waals surface area (Å²) in [6, 6.07) is 9.69. The lowest BCUT2D eigenvalue weighted by Crippen LogP contribution is -2.46. The summed E-state index contributed by atoms with van der Waals surface area (Å²) in [4.78, 5) is 27.4. The molecular formula is C24H33N3O5S. The van der Waals surface area contributed by atoms with Crippen LogP contribution in [0.3, 0.4) is 0 Å². The molecule has 1 aromatic heterocycles. The predicted molar refractivity (Wildman–Crippen MR) is 125 cm³/mol. The van der Waals surface area contributed by atoms with Gasteiger partial charge in [-0.05, 0) is 39.2 Å². The van der Waals surface area contributed by atoms with E-state index >= 15 is 0 Å². The molecule has 1 aromatic carbocycles. The topological polar surface area (TPSA) is 88.9 Å². The number of hydrogen-bond donors (Lipinski definition) is 0. The van der Waals surface area contributed by atoms with Crippen LogP contribution in [0.2, 0.25) is 0 Å². The van der Waals surface area contributed by atoms with Crippen molar-refractivity contribution >= 4 is 21.9 Å². The number of nitrogens with zero attached hydrogens (tertiary/aromatic N) is 3. The van der Waals surface area contributed by atoms with E-state index < -0.39 is 21.9 Å². The summed E-state index contributed by atoms with van der Waals surface area (Å²) in [6.07, 6.45) is 1.20. The normalized spacial score (nSPS) is 17.1. The molecule has 0 spiro atoms. The number of piperidine rings is 1. The van der Waals surface area contributed by atoms with Gasteiger partial charge in [0.2, 0.25) is 15.9 Å². The number of esters is 1. The number of sulfonamides is 1. The molecule has 0 unspecified atom stereocenters. The van der Waals surface area contributed by atoms with Crippen molar-refractivity contribution in [3.8, 4) is 0 Å². The molecule has 0 aliphatic carbocycles. The molecule has 0 radical (unpaired) electrons. The molecule has 1 fully saturated rings. The van der Waals surface area contributed by atoms with E-state index in [4.69, 9.17) is 4.74 Å². The van der Waals surface area contributed by atoms with E-state index in [1.165, 1.54) is 4.31 Å². The number of rotatable bonds is 7. The molecule has 33 heavy (non-hydrogen) atoms. The third-order valence-corrected chi connectivity index (χ3v) is 8.40. The van der Waals surface area contributed by atoms with Crippen molar-refractivity contribution in [3.05, 3.63) is 52.8 Å². The maximum absolute atomic E-state index is 13.7. The maximum Gasteiger partial charge on any atom is 0.341 e. The van der Waals surface area contributed by atoms with Crippen molar-refractivity contribution in [1.29, 1.82) is 0 Å². The van der Waals surface area contributed by atoms with Gasteiger partial charge in [-0.15, -0.1) is 0 Å². The lowest BCUT2D eigenvalue weighted by Gasteiger charge is -2.33. The summed E-state index contributed by atoms with van der Waals surface area (Å²) in [5.41, 5.74) is 2.11. The fourth-order valence-corrected chi connectivity index (χ4v) is 6.42. The van der Waals surface area contributed by atoms with E-state index in [0.29, 0.717) is 37.3 Å². The van der Waals surface area contributed by atoms with Crippen LogP contribution < -0.4 is 0 Å². The van der Waals surface area contributed by atoms with Crippen molar-refractivity contribution in [3.63, 3.8) is 0 Å². The summed E-state index contributed by atoms with van der Waals surface area (Å²) >= 11 is 0. The molecule has 1 aliphatic rings. The number of ether oxygens (including phenoxy) is 1. The van der Waals surface area contributed by atoms with Gasteiger partial charge in [-0.2, -0.15) is 4.31 Å². The number of hydrogen-bond acceptors (Lipinski definition) is 5. The zero-order chi connectivity index (χ0) is 24.3. The summed E-state index contributed by atoms with van der Waals surface area (Å²) in [5.74, 6) is -1.16. The number of carbonyl (C=O) groups excluding carboxylic acids is 2. The van der Waals surface area contributed by atoms with Crippen LogP contribution in [0.5, 0.6) is 0 Å². The van der Waals surface area contributed by atoms with E-state index in [1.54, 1.807) is 44.3 Å². The fraction of sp³-hybridized carbons (Fsp3) is 0.500. The fourth-order valence-electron chi connectivity index (χ4n) is 4.41. The highest BCUT2D eigenvalue weighted by molar-refractivity contribution is 7.89. The first-order valence-electron chi connectivity index (χ1n) is 11.2. The molecule has 0 N–H and O–H groups in total. The standard InChI is InChI=1S/C24H33N3O5S/c1-6-32-24(29)21-17(2)26(5)18(3)22(21)33(30,31)27-14-10-13-20(16-27)23(28)25(4)15-19-11-8-7-9-12-19/h7-9,11-12,20H,6,10,13-16H2,1-5H3/t20-/m0/s1. The monoisotopic (exact) mass is 475 g/mol. The van der Waals surface area contributed by atoms with Crippen molar-refractivity contribution in [1.82, 2.24) is 13.8 Å². The Bertz CT molecular complexity index is 1120. The molecule has 0 bridgehead atoms. The highest BCUT2D eigenvalue weighted by Crippen LogP contribution is 2.32. The first kappa shape index (κ1) is 25.0. The average molecular weight is 476 g/mol. The van der Waals surface area contributed by atoms with Crippen LogP contribution in [0, 0.1) is 19.8 Å². The molecule has 2 aromatic rings. The van der Waals surface area contributed by atoms with Gasteiger partial charge in [0, 0.05) is 45.1 Å².